The van der Waals surface area contributed by atoms with E-state index in [1.165, 1.54) is 4.70 Å². The molecule has 4 heteroatoms. The SMILES string of the molecule is CC(O)CNc1csc2cccnc12. The molecule has 0 amide bonds. The van der Waals surface area contributed by atoms with Crippen LogP contribution in [0.25, 0.3) is 10.2 Å². The average molecular weight is 208 g/mol. The highest BCUT2D eigenvalue weighted by atomic mass is 32.1. The molecule has 3 nitrogen and oxygen atoms in total. The van der Waals surface area contributed by atoms with Crippen LogP contribution in [0.15, 0.2) is 23.7 Å². The predicted molar refractivity (Wildman–Crippen MR) is 59.8 cm³/mol. The lowest BCUT2D eigenvalue weighted by atomic mass is 10.3. The van der Waals surface area contributed by atoms with Gasteiger partial charge in [0.15, 0.2) is 0 Å². The van der Waals surface area contributed by atoms with Gasteiger partial charge < -0.3 is 10.4 Å². The fourth-order valence-corrected chi connectivity index (χ4v) is 2.12. The van der Waals surface area contributed by atoms with Gasteiger partial charge in [-0.25, -0.2) is 0 Å². The molecular formula is C10H12N2OS. The molecule has 14 heavy (non-hydrogen) atoms. The van der Waals surface area contributed by atoms with Crippen LogP contribution in [0, 0.1) is 0 Å². The first-order valence-electron chi connectivity index (χ1n) is 4.51. The molecule has 0 spiro atoms. The van der Waals surface area contributed by atoms with Crippen LogP contribution in [0.2, 0.25) is 0 Å². The van der Waals surface area contributed by atoms with E-state index in [9.17, 15) is 0 Å². The van der Waals surface area contributed by atoms with Crippen molar-refractivity contribution in [3.05, 3.63) is 23.7 Å². The number of aliphatic hydroxyl groups excluding tert-OH is 1. The fourth-order valence-electron chi connectivity index (χ4n) is 1.25. The zero-order valence-electron chi connectivity index (χ0n) is 7.90. The van der Waals surface area contributed by atoms with Crippen molar-refractivity contribution in [2.45, 2.75) is 13.0 Å². The highest BCUT2D eigenvalue weighted by Crippen LogP contribution is 2.27. The van der Waals surface area contributed by atoms with E-state index in [0.29, 0.717) is 6.54 Å². The summed E-state index contributed by atoms with van der Waals surface area (Å²) in [5, 5.41) is 14.3. The Labute approximate surface area is 86.4 Å². The molecule has 2 aromatic rings. The second-order valence-electron chi connectivity index (χ2n) is 3.23. The highest BCUT2D eigenvalue weighted by Gasteiger charge is 2.04. The molecule has 74 valence electrons. The Morgan fingerprint density at radius 1 is 1.64 bits per heavy atom. The van der Waals surface area contributed by atoms with Crippen LogP contribution < -0.4 is 5.32 Å². The average Bonchev–Trinajstić information content (AvgIpc) is 2.58. The molecule has 0 radical (unpaired) electrons. The van der Waals surface area contributed by atoms with Gasteiger partial charge in [-0.05, 0) is 19.1 Å². The summed E-state index contributed by atoms with van der Waals surface area (Å²) in [6, 6.07) is 3.97. The van der Waals surface area contributed by atoms with E-state index >= 15 is 0 Å². The topological polar surface area (TPSA) is 45.1 Å². The molecule has 0 aliphatic carbocycles. The van der Waals surface area contributed by atoms with Crippen LogP contribution in [-0.4, -0.2) is 22.7 Å². The number of aromatic nitrogens is 1. The van der Waals surface area contributed by atoms with E-state index in [4.69, 9.17) is 5.11 Å². The number of hydrogen-bond donors (Lipinski definition) is 2. The number of nitrogens with one attached hydrogen (secondary N) is 1. The minimum absolute atomic E-state index is 0.339. The third-order valence-corrected chi connectivity index (χ3v) is 2.85. The summed E-state index contributed by atoms with van der Waals surface area (Å²) in [4.78, 5) is 4.29. The molecule has 2 aromatic heterocycles. The first-order chi connectivity index (χ1) is 6.77. The Kier molecular flexibility index (Phi) is 2.65. The molecule has 2 rings (SSSR count). The van der Waals surface area contributed by atoms with Crippen molar-refractivity contribution < 1.29 is 5.11 Å². The van der Waals surface area contributed by atoms with Crippen LogP contribution >= 0.6 is 11.3 Å². The molecule has 0 aliphatic rings. The largest absolute Gasteiger partial charge is 0.392 e. The number of anilines is 1. The summed E-state index contributed by atoms with van der Waals surface area (Å²) in [5.41, 5.74) is 1.99. The maximum Gasteiger partial charge on any atom is 0.104 e. The van der Waals surface area contributed by atoms with Gasteiger partial charge in [0.1, 0.15) is 5.52 Å². The van der Waals surface area contributed by atoms with Gasteiger partial charge >= 0.3 is 0 Å². The third kappa shape index (κ3) is 1.86. The quantitative estimate of drug-likeness (QED) is 0.811. The Hall–Kier alpha value is -1.13. The van der Waals surface area contributed by atoms with Crippen LogP contribution in [0.5, 0.6) is 0 Å². The van der Waals surface area contributed by atoms with Crippen molar-refractivity contribution in [3.63, 3.8) is 0 Å². The Morgan fingerprint density at radius 2 is 2.50 bits per heavy atom. The lowest BCUT2D eigenvalue weighted by molar-refractivity contribution is 0.208. The number of hydrogen-bond acceptors (Lipinski definition) is 4. The zero-order valence-corrected chi connectivity index (χ0v) is 8.71. The summed E-state index contributed by atoms with van der Waals surface area (Å²) in [5.74, 6) is 0. The molecule has 0 fully saturated rings. The maximum absolute atomic E-state index is 9.14. The Balaban J connectivity index is 2.25. The first-order valence-corrected chi connectivity index (χ1v) is 5.39. The maximum atomic E-state index is 9.14. The van der Waals surface area contributed by atoms with Gasteiger partial charge in [0.05, 0.1) is 16.5 Å². The molecule has 0 saturated carbocycles. The minimum atomic E-state index is -0.339. The lowest BCUT2D eigenvalue weighted by Crippen LogP contribution is -2.14. The van der Waals surface area contributed by atoms with Crippen LogP contribution in [0.1, 0.15) is 6.92 Å². The molecular weight excluding hydrogens is 196 g/mol. The minimum Gasteiger partial charge on any atom is -0.392 e. The van der Waals surface area contributed by atoms with Gasteiger partial charge in [-0.15, -0.1) is 11.3 Å². The summed E-state index contributed by atoms with van der Waals surface area (Å²) in [7, 11) is 0. The van der Waals surface area contributed by atoms with Gasteiger partial charge in [0, 0.05) is 18.1 Å². The van der Waals surface area contributed by atoms with Gasteiger partial charge in [-0.3, -0.25) is 4.98 Å². The van der Waals surface area contributed by atoms with Crippen molar-refractivity contribution in [1.29, 1.82) is 0 Å². The molecule has 1 atom stereocenters. The lowest BCUT2D eigenvalue weighted by Gasteiger charge is -2.06. The molecule has 0 saturated heterocycles. The predicted octanol–water partition coefficient (Wildman–Crippen LogP) is 2.09. The summed E-state index contributed by atoms with van der Waals surface area (Å²) in [6.07, 6.45) is 1.44. The van der Waals surface area contributed by atoms with Crippen LogP contribution in [-0.2, 0) is 0 Å². The fraction of sp³-hybridized carbons (Fsp3) is 0.300. The Morgan fingerprint density at radius 3 is 3.29 bits per heavy atom. The molecule has 0 bridgehead atoms. The highest BCUT2D eigenvalue weighted by molar-refractivity contribution is 7.17. The first kappa shape index (κ1) is 9.43. The van der Waals surface area contributed by atoms with Gasteiger partial charge in [-0.1, -0.05) is 0 Å². The standard InChI is InChI=1S/C10H12N2OS/c1-7(13)5-12-8-6-14-9-3-2-4-11-10(8)9/h2-4,6-7,12-13H,5H2,1H3. The van der Waals surface area contributed by atoms with E-state index in [-0.39, 0.29) is 6.10 Å². The van der Waals surface area contributed by atoms with Gasteiger partial charge in [0.25, 0.3) is 0 Å². The van der Waals surface area contributed by atoms with Gasteiger partial charge in [-0.2, -0.15) is 0 Å². The zero-order chi connectivity index (χ0) is 9.97. The van der Waals surface area contributed by atoms with Crippen molar-refractivity contribution >= 4 is 27.2 Å². The van der Waals surface area contributed by atoms with Crippen molar-refractivity contribution in [3.8, 4) is 0 Å². The van der Waals surface area contributed by atoms with E-state index in [2.05, 4.69) is 10.3 Å². The molecule has 2 N–H and O–H groups in total. The number of thiophene rings is 1. The second kappa shape index (κ2) is 3.94. The molecule has 0 aliphatic heterocycles. The summed E-state index contributed by atoms with van der Waals surface area (Å²) < 4.78 is 1.17. The van der Waals surface area contributed by atoms with Gasteiger partial charge in [0.2, 0.25) is 0 Å². The van der Waals surface area contributed by atoms with E-state index in [0.717, 1.165) is 11.2 Å². The molecule has 2 heterocycles. The van der Waals surface area contributed by atoms with Crippen molar-refractivity contribution in [2.75, 3.05) is 11.9 Å². The van der Waals surface area contributed by atoms with Crippen LogP contribution in [0.3, 0.4) is 0 Å². The molecule has 0 aromatic carbocycles. The van der Waals surface area contributed by atoms with Crippen molar-refractivity contribution in [2.24, 2.45) is 0 Å². The number of fused-ring (bicyclic) bond motifs is 1. The normalized spacial score (nSPS) is 13.0. The monoisotopic (exact) mass is 208 g/mol. The molecule has 1 unspecified atom stereocenters. The summed E-state index contributed by atoms with van der Waals surface area (Å²) in [6.45, 7) is 2.32. The number of pyridine rings is 1. The van der Waals surface area contributed by atoms with E-state index < -0.39 is 0 Å². The van der Waals surface area contributed by atoms with Crippen LogP contribution in [0.4, 0.5) is 5.69 Å². The number of rotatable bonds is 3. The van der Waals surface area contributed by atoms with E-state index in [1.807, 2.05) is 17.5 Å². The third-order valence-electron chi connectivity index (χ3n) is 1.92. The van der Waals surface area contributed by atoms with Crippen molar-refractivity contribution in [1.82, 2.24) is 4.98 Å². The number of aliphatic hydroxyl groups is 1. The summed E-state index contributed by atoms with van der Waals surface area (Å²) >= 11 is 1.66. The smallest absolute Gasteiger partial charge is 0.104 e. The second-order valence-corrected chi connectivity index (χ2v) is 4.14. The number of nitrogens with zero attached hydrogens (tertiary/aromatic N) is 1. The van der Waals surface area contributed by atoms with E-state index in [1.54, 1.807) is 24.5 Å². The Bertz CT molecular complexity index is 425.